The molecule has 0 aromatic carbocycles. The molecule has 158 valence electrons. The average molecular weight is 493 g/mol. The maximum Gasteiger partial charge on any atom is 0.220 e. The molecule has 2 N–H and O–H groups in total. The van der Waals surface area contributed by atoms with Gasteiger partial charge in [-0.1, -0.05) is 6.92 Å². The zero-order valence-corrected chi connectivity index (χ0v) is 19.8. The number of carbonyl (C=O) groups excluding carboxylic acids is 1. The van der Waals surface area contributed by atoms with E-state index in [-0.39, 0.29) is 29.9 Å². The molecule has 0 aliphatic carbocycles. The summed E-state index contributed by atoms with van der Waals surface area (Å²) in [7, 11) is 1.72. The summed E-state index contributed by atoms with van der Waals surface area (Å²) in [6.45, 7) is 12.0. The van der Waals surface area contributed by atoms with E-state index >= 15 is 0 Å². The Morgan fingerprint density at radius 3 is 2.22 bits per heavy atom. The van der Waals surface area contributed by atoms with E-state index in [4.69, 9.17) is 4.99 Å². The number of nitrogens with one attached hydrogen (secondary N) is 2. The van der Waals surface area contributed by atoms with Crippen molar-refractivity contribution in [2.45, 2.75) is 52.4 Å². The Morgan fingerprint density at radius 1 is 1.04 bits per heavy atom. The van der Waals surface area contributed by atoms with E-state index in [2.05, 4.69) is 34.3 Å². The predicted molar refractivity (Wildman–Crippen MR) is 124 cm³/mol. The van der Waals surface area contributed by atoms with Gasteiger partial charge in [0.05, 0.1) is 0 Å². The van der Waals surface area contributed by atoms with Crippen molar-refractivity contribution >= 4 is 35.8 Å². The lowest BCUT2D eigenvalue weighted by Crippen LogP contribution is -2.46. The van der Waals surface area contributed by atoms with E-state index < -0.39 is 0 Å². The van der Waals surface area contributed by atoms with Crippen molar-refractivity contribution < 1.29 is 4.79 Å². The van der Waals surface area contributed by atoms with Crippen LogP contribution in [-0.2, 0) is 4.79 Å². The third-order valence-corrected chi connectivity index (χ3v) is 5.75. The molecule has 0 radical (unpaired) electrons. The van der Waals surface area contributed by atoms with Gasteiger partial charge in [0.15, 0.2) is 5.96 Å². The first-order chi connectivity index (χ1) is 12.7. The maximum absolute atomic E-state index is 11.6. The fourth-order valence-electron chi connectivity index (χ4n) is 4.06. The quantitative estimate of drug-likeness (QED) is 0.325. The molecule has 6 nitrogen and oxygen atoms in total. The van der Waals surface area contributed by atoms with Gasteiger partial charge in [-0.05, 0) is 70.5 Å². The van der Waals surface area contributed by atoms with Crippen LogP contribution in [0.15, 0.2) is 4.99 Å². The summed E-state index contributed by atoms with van der Waals surface area (Å²) < 4.78 is 0. The van der Waals surface area contributed by atoms with Crippen molar-refractivity contribution in [1.82, 2.24) is 20.4 Å². The summed E-state index contributed by atoms with van der Waals surface area (Å²) in [6.07, 6.45) is 6.62. The molecule has 0 spiro atoms. The molecule has 0 aromatic rings. The summed E-state index contributed by atoms with van der Waals surface area (Å²) in [6, 6.07) is 0. The largest absolute Gasteiger partial charge is 0.359 e. The summed E-state index contributed by atoms with van der Waals surface area (Å²) in [5.74, 6) is 2.47. The van der Waals surface area contributed by atoms with Crippen LogP contribution in [0.4, 0.5) is 0 Å². The first-order valence-corrected chi connectivity index (χ1v) is 10.6. The monoisotopic (exact) mass is 493 g/mol. The molecular weight excluding hydrogens is 453 g/mol. The van der Waals surface area contributed by atoms with Crippen LogP contribution in [0.5, 0.6) is 0 Å². The zero-order chi connectivity index (χ0) is 18.8. The molecule has 2 rings (SSSR count). The molecule has 0 unspecified atom stereocenters. The number of halogens is 1. The number of carbonyl (C=O) groups is 1. The summed E-state index contributed by atoms with van der Waals surface area (Å²) in [5, 5.41) is 6.22. The number of hydrogen-bond donors (Lipinski definition) is 2. The lowest BCUT2D eigenvalue weighted by molar-refractivity contribution is -0.121. The summed E-state index contributed by atoms with van der Waals surface area (Å²) in [5.41, 5.74) is 0. The van der Waals surface area contributed by atoms with Gasteiger partial charge in [0.2, 0.25) is 5.91 Å². The van der Waals surface area contributed by atoms with Crippen molar-refractivity contribution in [3.05, 3.63) is 0 Å². The Bertz CT molecular complexity index is 444. The molecule has 2 aliphatic rings. The van der Waals surface area contributed by atoms with E-state index in [1.54, 1.807) is 7.05 Å². The molecule has 7 heteroatoms. The minimum atomic E-state index is 0. The number of hydrogen-bond acceptors (Lipinski definition) is 3. The zero-order valence-electron chi connectivity index (χ0n) is 17.5. The van der Waals surface area contributed by atoms with E-state index in [0.717, 1.165) is 50.9 Å². The smallest absolute Gasteiger partial charge is 0.220 e. The number of amides is 1. The van der Waals surface area contributed by atoms with E-state index in [0.29, 0.717) is 12.3 Å². The van der Waals surface area contributed by atoms with Crippen LogP contribution in [-0.4, -0.2) is 74.5 Å². The second kappa shape index (κ2) is 13.6. The van der Waals surface area contributed by atoms with Crippen molar-refractivity contribution in [2.24, 2.45) is 16.8 Å². The van der Waals surface area contributed by atoms with Gasteiger partial charge in [-0.25, -0.2) is 0 Å². The molecule has 27 heavy (non-hydrogen) atoms. The van der Waals surface area contributed by atoms with Crippen molar-refractivity contribution in [2.75, 3.05) is 52.9 Å². The highest BCUT2D eigenvalue weighted by Crippen LogP contribution is 2.21. The number of likely N-dealkylation sites (tertiary alicyclic amines) is 2. The van der Waals surface area contributed by atoms with Gasteiger partial charge in [-0.2, -0.15) is 0 Å². The lowest BCUT2D eigenvalue weighted by atomic mass is 9.93. The highest BCUT2D eigenvalue weighted by atomic mass is 127. The summed E-state index contributed by atoms with van der Waals surface area (Å²) in [4.78, 5) is 21.5. The molecule has 1 amide bonds. The van der Waals surface area contributed by atoms with Crippen LogP contribution in [0.25, 0.3) is 0 Å². The fraction of sp³-hybridized carbons (Fsp3) is 0.900. The van der Waals surface area contributed by atoms with E-state index in [9.17, 15) is 4.79 Å². The third kappa shape index (κ3) is 8.54. The van der Waals surface area contributed by atoms with Gasteiger partial charge in [-0.3, -0.25) is 9.79 Å². The van der Waals surface area contributed by atoms with Gasteiger partial charge in [0, 0.05) is 39.6 Å². The normalized spacial score (nSPS) is 20.3. The first kappa shape index (κ1) is 24.5. The molecule has 0 saturated carbocycles. The molecule has 2 fully saturated rings. The maximum atomic E-state index is 11.6. The van der Waals surface area contributed by atoms with Crippen molar-refractivity contribution in [3.63, 3.8) is 0 Å². The average Bonchev–Trinajstić information content (AvgIpc) is 2.67. The van der Waals surface area contributed by atoms with Crippen LogP contribution in [0.2, 0.25) is 0 Å². The van der Waals surface area contributed by atoms with E-state index in [1.165, 1.54) is 38.9 Å². The van der Waals surface area contributed by atoms with E-state index in [1.807, 2.05) is 0 Å². The standard InChI is InChI=1S/C20H39N5O.HI/c1-4-10-24-11-6-18(7-12-24)16-23-20(22-5-2)25-13-8-17(9-14-25)15-19(26)21-3;/h17-18H,4-16H2,1-3H3,(H,21,26)(H,22,23);1H. The first-order valence-electron chi connectivity index (χ1n) is 10.6. The Hall–Kier alpha value is -0.570. The van der Waals surface area contributed by atoms with Crippen LogP contribution in [0, 0.1) is 11.8 Å². The van der Waals surface area contributed by atoms with Crippen LogP contribution in [0.3, 0.4) is 0 Å². The second-order valence-electron chi connectivity index (χ2n) is 7.79. The number of rotatable bonds is 7. The number of nitrogens with zero attached hydrogens (tertiary/aromatic N) is 3. The number of guanidine groups is 1. The van der Waals surface area contributed by atoms with Crippen LogP contribution >= 0.6 is 24.0 Å². The molecule has 0 bridgehead atoms. The minimum Gasteiger partial charge on any atom is -0.359 e. The Kier molecular flexibility index (Phi) is 12.3. The highest BCUT2D eigenvalue weighted by molar-refractivity contribution is 14.0. The molecular formula is C20H40IN5O. The Morgan fingerprint density at radius 2 is 1.67 bits per heavy atom. The topological polar surface area (TPSA) is 60.0 Å². The van der Waals surface area contributed by atoms with Crippen molar-refractivity contribution in [3.8, 4) is 0 Å². The Labute approximate surface area is 182 Å². The SMILES string of the molecule is CCCN1CCC(CN=C(NCC)N2CCC(CC(=O)NC)CC2)CC1.I. The highest BCUT2D eigenvalue weighted by Gasteiger charge is 2.24. The Balaban J connectivity index is 0.00000364. The van der Waals surface area contributed by atoms with Crippen LogP contribution in [0.1, 0.15) is 52.4 Å². The molecule has 2 saturated heterocycles. The van der Waals surface area contributed by atoms with Crippen LogP contribution < -0.4 is 10.6 Å². The number of aliphatic imine (C=N–C) groups is 1. The molecule has 0 atom stereocenters. The van der Waals surface area contributed by atoms with Crippen molar-refractivity contribution in [1.29, 1.82) is 0 Å². The molecule has 2 aliphatic heterocycles. The van der Waals surface area contributed by atoms with Gasteiger partial charge in [0.1, 0.15) is 0 Å². The summed E-state index contributed by atoms with van der Waals surface area (Å²) >= 11 is 0. The second-order valence-corrected chi connectivity index (χ2v) is 7.79. The molecule has 2 heterocycles. The van der Waals surface area contributed by atoms with Gasteiger partial charge in [0.25, 0.3) is 0 Å². The van der Waals surface area contributed by atoms with Gasteiger partial charge in [-0.15, -0.1) is 24.0 Å². The number of piperidine rings is 2. The predicted octanol–water partition coefficient (Wildman–Crippen LogP) is 2.54. The minimum absolute atomic E-state index is 0. The van der Waals surface area contributed by atoms with Gasteiger partial charge >= 0.3 is 0 Å². The van der Waals surface area contributed by atoms with Gasteiger partial charge < -0.3 is 20.4 Å². The molecule has 0 aromatic heterocycles. The third-order valence-electron chi connectivity index (χ3n) is 5.75. The fourth-order valence-corrected chi connectivity index (χ4v) is 4.06. The lowest BCUT2D eigenvalue weighted by Gasteiger charge is -2.35.